The number of carbonyl (C=O) groups is 1. The highest BCUT2D eigenvalue weighted by atomic mass is 79.9. The number of nitrogens with zero attached hydrogens (tertiary/aromatic N) is 4. The molecule has 34 heavy (non-hydrogen) atoms. The molecule has 0 fully saturated rings. The third-order valence-electron chi connectivity index (χ3n) is 5.34. The van der Waals surface area contributed by atoms with Crippen LogP contribution in [0.3, 0.4) is 0 Å². The number of hydrogen-bond donors (Lipinski definition) is 1. The van der Waals surface area contributed by atoms with Gasteiger partial charge in [0.05, 0.1) is 16.8 Å². The van der Waals surface area contributed by atoms with Gasteiger partial charge >= 0.3 is 0 Å². The Labute approximate surface area is 207 Å². The molecule has 0 saturated carbocycles. The minimum absolute atomic E-state index is 0.0129. The van der Waals surface area contributed by atoms with Crippen LogP contribution in [0.25, 0.3) is 16.9 Å². The van der Waals surface area contributed by atoms with Crippen molar-refractivity contribution >= 4 is 33.7 Å². The smallest absolute Gasteiger partial charge is 0.269 e. The Morgan fingerprint density at radius 2 is 1.76 bits per heavy atom. The van der Waals surface area contributed by atoms with Crippen molar-refractivity contribution in [3.05, 3.63) is 74.9 Å². The summed E-state index contributed by atoms with van der Waals surface area (Å²) in [6, 6.07) is 13.9. The first-order valence-corrected chi connectivity index (χ1v) is 12.2. The van der Waals surface area contributed by atoms with Crippen molar-refractivity contribution in [3.8, 4) is 16.9 Å². The summed E-state index contributed by atoms with van der Waals surface area (Å²) >= 11 is 3.44. The van der Waals surface area contributed by atoms with Crippen molar-refractivity contribution in [2.24, 2.45) is 5.10 Å². The number of nitrogens with one attached hydrogen (secondary N) is 1. The highest BCUT2D eigenvalue weighted by Gasteiger charge is 2.13. The standard InChI is InChI=1S/C25H28BrN5O3/c1-2-3-4-5-6-7-8-24(32)28-27-17-20-18-30(22-13-15-23(16-14-22)31(33)34)29-25(20)19-9-11-21(26)12-10-19/h9-18H,2-8H2,1H3,(H,28,32)/b27-17-. The van der Waals surface area contributed by atoms with E-state index in [1.54, 1.807) is 29.2 Å². The van der Waals surface area contributed by atoms with E-state index in [0.29, 0.717) is 23.4 Å². The van der Waals surface area contributed by atoms with Gasteiger partial charge in [-0.05, 0) is 30.7 Å². The van der Waals surface area contributed by atoms with Gasteiger partial charge in [-0.3, -0.25) is 14.9 Å². The van der Waals surface area contributed by atoms with E-state index in [2.05, 4.69) is 38.5 Å². The first-order valence-electron chi connectivity index (χ1n) is 11.4. The Hall–Kier alpha value is -3.33. The second-order valence-electron chi connectivity index (χ2n) is 7.97. The van der Waals surface area contributed by atoms with Gasteiger partial charge in [-0.15, -0.1) is 0 Å². The number of benzene rings is 2. The zero-order chi connectivity index (χ0) is 24.3. The van der Waals surface area contributed by atoms with Crippen molar-refractivity contribution in [2.75, 3.05) is 0 Å². The maximum Gasteiger partial charge on any atom is 0.269 e. The number of hydrazone groups is 1. The maximum atomic E-state index is 12.1. The first-order chi connectivity index (χ1) is 16.5. The summed E-state index contributed by atoms with van der Waals surface area (Å²) in [5, 5.41) is 19.8. The average Bonchev–Trinajstić information content (AvgIpc) is 3.26. The third kappa shape index (κ3) is 7.34. The predicted molar refractivity (Wildman–Crippen MR) is 137 cm³/mol. The predicted octanol–water partition coefficient (Wildman–Crippen LogP) is 6.41. The lowest BCUT2D eigenvalue weighted by Gasteiger charge is -2.01. The van der Waals surface area contributed by atoms with E-state index >= 15 is 0 Å². The van der Waals surface area contributed by atoms with Gasteiger partial charge in [0.1, 0.15) is 5.69 Å². The van der Waals surface area contributed by atoms with E-state index < -0.39 is 4.92 Å². The Kier molecular flexibility index (Phi) is 9.51. The number of carbonyl (C=O) groups excluding carboxylic acids is 1. The molecule has 3 rings (SSSR count). The lowest BCUT2D eigenvalue weighted by molar-refractivity contribution is -0.384. The van der Waals surface area contributed by atoms with Crippen LogP contribution in [0.1, 0.15) is 57.4 Å². The Morgan fingerprint density at radius 1 is 1.09 bits per heavy atom. The summed E-state index contributed by atoms with van der Waals surface area (Å²) < 4.78 is 2.59. The van der Waals surface area contributed by atoms with Crippen molar-refractivity contribution in [1.82, 2.24) is 15.2 Å². The Bertz CT molecular complexity index is 1120. The van der Waals surface area contributed by atoms with E-state index in [9.17, 15) is 14.9 Å². The van der Waals surface area contributed by atoms with Crippen LogP contribution in [0.5, 0.6) is 0 Å². The number of unbranched alkanes of at least 4 members (excludes halogenated alkanes) is 5. The number of nitro benzene ring substituents is 1. The van der Waals surface area contributed by atoms with Crippen molar-refractivity contribution < 1.29 is 9.72 Å². The molecular formula is C25H28BrN5O3. The van der Waals surface area contributed by atoms with Crippen LogP contribution >= 0.6 is 15.9 Å². The second kappa shape index (κ2) is 12.8. The monoisotopic (exact) mass is 525 g/mol. The molecule has 178 valence electrons. The molecule has 0 aliphatic carbocycles. The van der Waals surface area contributed by atoms with Crippen LogP contribution in [0.4, 0.5) is 5.69 Å². The minimum atomic E-state index is -0.438. The van der Waals surface area contributed by atoms with Crippen LogP contribution < -0.4 is 5.43 Å². The minimum Gasteiger partial charge on any atom is -0.273 e. The zero-order valence-corrected chi connectivity index (χ0v) is 20.7. The fraction of sp³-hybridized carbons (Fsp3) is 0.320. The van der Waals surface area contributed by atoms with Gasteiger partial charge in [-0.1, -0.05) is 67.1 Å². The Balaban J connectivity index is 1.72. The quantitative estimate of drug-likeness (QED) is 0.127. The summed E-state index contributed by atoms with van der Waals surface area (Å²) in [5.41, 5.74) is 5.56. The van der Waals surface area contributed by atoms with Gasteiger partial charge in [-0.25, -0.2) is 10.1 Å². The molecule has 0 aliphatic rings. The molecule has 8 nitrogen and oxygen atoms in total. The molecule has 0 aliphatic heterocycles. The van der Waals surface area contributed by atoms with E-state index in [4.69, 9.17) is 0 Å². The molecule has 1 aromatic heterocycles. The van der Waals surface area contributed by atoms with E-state index in [-0.39, 0.29) is 11.6 Å². The maximum absolute atomic E-state index is 12.1. The molecular weight excluding hydrogens is 498 g/mol. The topological polar surface area (TPSA) is 102 Å². The molecule has 0 atom stereocenters. The Morgan fingerprint density at radius 3 is 2.44 bits per heavy atom. The van der Waals surface area contributed by atoms with Crippen molar-refractivity contribution in [1.29, 1.82) is 0 Å². The van der Waals surface area contributed by atoms with Crippen molar-refractivity contribution in [3.63, 3.8) is 0 Å². The van der Waals surface area contributed by atoms with E-state index in [0.717, 1.165) is 29.3 Å². The average molecular weight is 526 g/mol. The lowest BCUT2D eigenvalue weighted by atomic mass is 10.1. The van der Waals surface area contributed by atoms with Crippen LogP contribution in [0.2, 0.25) is 0 Å². The molecule has 0 bridgehead atoms. The van der Waals surface area contributed by atoms with Gasteiger partial charge in [-0.2, -0.15) is 10.2 Å². The lowest BCUT2D eigenvalue weighted by Crippen LogP contribution is -2.16. The van der Waals surface area contributed by atoms with Crippen molar-refractivity contribution in [2.45, 2.75) is 51.9 Å². The molecule has 1 N–H and O–H groups in total. The number of non-ortho nitro benzene ring substituents is 1. The number of nitro groups is 1. The van der Waals surface area contributed by atoms with Crippen LogP contribution in [0, 0.1) is 10.1 Å². The molecule has 0 spiro atoms. The summed E-state index contributed by atoms with van der Waals surface area (Å²) in [6.07, 6.45) is 10.5. The molecule has 1 amide bonds. The highest BCUT2D eigenvalue weighted by molar-refractivity contribution is 9.10. The fourth-order valence-electron chi connectivity index (χ4n) is 3.47. The molecule has 0 unspecified atom stereocenters. The third-order valence-corrected chi connectivity index (χ3v) is 5.86. The zero-order valence-electron chi connectivity index (χ0n) is 19.1. The number of amides is 1. The first kappa shape index (κ1) is 25.3. The molecule has 1 heterocycles. The largest absolute Gasteiger partial charge is 0.273 e. The van der Waals surface area contributed by atoms with Crippen LogP contribution in [-0.4, -0.2) is 26.8 Å². The van der Waals surface area contributed by atoms with Crippen LogP contribution in [0.15, 0.2) is 64.3 Å². The fourth-order valence-corrected chi connectivity index (χ4v) is 3.73. The molecule has 2 aromatic carbocycles. The summed E-state index contributed by atoms with van der Waals surface area (Å²) in [7, 11) is 0. The van der Waals surface area contributed by atoms with E-state index in [1.165, 1.54) is 31.4 Å². The number of halogens is 1. The summed E-state index contributed by atoms with van der Waals surface area (Å²) in [6.45, 7) is 2.18. The van der Waals surface area contributed by atoms with Gasteiger partial charge in [0, 0.05) is 40.4 Å². The van der Waals surface area contributed by atoms with Gasteiger partial charge in [0.15, 0.2) is 0 Å². The SMILES string of the molecule is CCCCCCCCC(=O)N/N=C\c1cn(-c2ccc([N+](=O)[O-])cc2)nc1-c1ccc(Br)cc1. The number of aromatic nitrogens is 2. The highest BCUT2D eigenvalue weighted by Crippen LogP contribution is 2.25. The molecule has 0 saturated heterocycles. The number of hydrogen-bond acceptors (Lipinski definition) is 5. The second-order valence-corrected chi connectivity index (χ2v) is 8.88. The van der Waals surface area contributed by atoms with E-state index in [1.807, 2.05) is 24.3 Å². The summed E-state index contributed by atoms with van der Waals surface area (Å²) in [5.74, 6) is -0.111. The van der Waals surface area contributed by atoms with Gasteiger partial charge in [0.2, 0.25) is 5.91 Å². The van der Waals surface area contributed by atoms with Gasteiger partial charge < -0.3 is 0 Å². The normalized spacial score (nSPS) is 11.1. The molecule has 0 radical (unpaired) electrons. The number of rotatable bonds is 12. The summed E-state index contributed by atoms with van der Waals surface area (Å²) in [4.78, 5) is 22.6. The van der Waals surface area contributed by atoms with Gasteiger partial charge in [0.25, 0.3) is 5.69 Å². The molecule has 9 heteroatoms. The molecule has 3 aromatic rings. The van der Waals surface area contributed by atoms with Crippen LogP contribution in [-0.2, 0) is 4.79 Å².